The number of aliphatic hydroxyl groups is 1. The maximum absolute atomic E-state index is 11.3. The summed E-state index contributed by atoms with van der Waals surface area (Å²) in [5.41, 5.74) is 0.433. The molecule has 0 amide bonds. The molecule has 80 valence electrons. The zero-order chi connectivity index (χ0) is 11.1. The molecular weight excluding hydrogens is 190 g/mol. The number of aromatic nitrogens is 1. The number of aliphatic hydroxyl groups excluding tert-OH is 1. The van der Waals surface area contributed by atoms with Crippen molar-refractivity contribution in [2.24, 2.45) is 0 Å². The van der Waals surface area contributed by atoms with Crippen LogP contribution in [-0.4, -0.2) is 15.9 Å². The summed E-state index contributed by atoms with van der Waals surface area (Å²) in [6.07, 6.45) is 5.13. The average Bonchev–Trinajstić information content (AvgIpc) is 2.27. The SMILES string of the molecule is CCCCC(=O)C=C(O)c1ccccn1. The lowest BCUT2D eigenvalue weighted by atomic mass is 10.1. The Morgan fingerprint density at radius 3 is 2.93 bits per heavy atom. The molecule has 0 bridgehead atoms. The molecule has 0 spiro atoms. The van der Waals surface area contributed by atoms with E-state index in [1.54, 1.807) is 24.4 Å². The normalized spacial score (nSPS) is 11.4. The summed E-state index contributed by atoms with van der Waals surface area (Å²) < 4.78 is 0. The van der Waals surface area contributed by atoms with Crippen molar-refractivity contribution in [2.75, 3.05) is 0 Å². The summed E-state index contributed by atoms with van der Waals surface area (Å²) in [7, 11) is 0. The molecule has 1 aromatic heterocycles. The molecule has 1 heterocycles. The molecule has 0 aromatic carbocycles. The Bertz CT molecular complexity index is 344. The predicted molar refractivity (Wildman–Crippen MR) is 59.4 cm³/mol. The molecule has 0 saturated heterocycles. The summed E-state index contributed by atoms with van der Waals surface area (Å²) >= 11 is 0. The van der Waals surface area contributed by atoms with Gasteiger partial charge in [-0.15, -0.1) is 0 Å². The molecule has 1 rings (SSSR count). The summed E-state index contributed by atoms with van der Waals surface area (Å²) in [5.74, 6) is -0.114. The lowest BCUT2D eigenvalue weighted by molar-refractivity contribution is -0.114. The van der Waals surface area contributed by atoms with E-state index >= 15 is 0 Å². The van der Waals surface area contributed by atoms with Crippen molar-refractivity contribution in [2.45, 2.75) is 26.2 Å². The zero-order valence-electron chi connectivity index (χ0n) is 8.81. The van der Waals surface area contributed by atoms with Crippen molar-refractivity contribution in [3.05, 3.63) is 36.2 Å². The van der Waals surface area contributed by atoms with Gasteiger partial charge in [0, 0.05) is 18.7 Å². The van der Waals surface area contributed by atoms with E-state index in [4.69, 9.17) is 0 Å². The molecule has 0 aliphatic rings. The fourth-order valence-corrected chi connectivity index (χ4v) is 1.16. The largest absolute Gasteiger partial charge is 0.506 e. The number of ketones is 1. The van der Waals surface area contributed by atoms with Crippen LogP contribution in [0.5, 0.6) is 0 Å². The van der Waals surface area contributed by atoms with Gasteiger partial charge in [0.25, 0.3) is 0 Å². The minimum absolute atomic E-state index is 0.0556. The first-order valence-electron chi connectivity index (χ1n) is 5.09. The van der Waals surface area contributed by atoms with Crippen molar-refractivity contribution in [3.63, 3.8) is 0 Å². The molecule has 0 aliphatic heterocycles. The van der Waals surface area contributed by atoms with E-state index in [-0.39, 0.29) is 11.5 Å². The van der Waals surface area contributed by atoms with Crippen LogP contribution in [-0.2, 0) is 4.79 Å². The third-order valence-electron chi connectivity index (χ3n) is 2.00. The first kappa shape index (κ1) is 11.4. The zero-order valence-corrected chi connectivity index (χ0v) is 8.81. The van der Waals surface area contributed by atoms with Gasteiger partial charge in [-0.2, -0.15) is 0 Å². The Morgan fingerprint density at radius 2 is 2.33 bits per heavy atom. The standard InChI is InChI=1S/C12H15NO2/c1-2-3-6-10(14)9-12(15)11-7-4-5-8-13-11/h4-5,7-9,15H,2-3,6H2,1H3. The van der Waals surface area contributed by atoms with Crippen LogP contribution < -0.4 is 0 Å². The summed E-state index contributed by atoms with van der Waals surface area (Å²) in [6, 6.07) is 5.19. The van der Waals surface area contributed by atoms with Gasteiger partial charge in [0.05, 0.1) is 0 Å². The second-order valence-electron chi connectivity index (χ2n) is 3.31. The van der Waals surface area contributed by atoms with Crippen molar-refractivity contribution in [1.82, 2.24) is 4.98 Å². The highest BCUT2D eigenvalue weighted by atomic mass is 16.3. The number of hydrogen-bond acceptors (Lipinski definition) is 3. The molecular formula is C12H15NO2. The summed E-state index contributed by atoms with van der Waals surface area (Å²) in [5, 5.41) is 9.57. The number of rotatable bonds is 5. The van der Waals surface area contributed by atoms with Gasteiger partial charge in [0.1, 0.15) is 11.5 Å². The molecule has 0 aliphatic carbocycles. The van der Waals surface area contributed by atoms with Crippen LogP contribution in [0.4, 0.5) is 0 Å². The molecule has 0 saturated carbocycles. The monoisotopic (exact) mass is 205 g/mol. The minimum atomic E-state index is -0.0586. The van der Waals surface area contributed by atoms with E-state index in [2.05, 4.69) is 4.98 Å². The third-order valence-corrected chi connectivity index (χ3v) is 2.00. The highest BCUT2D eigenvalue weighted by Crippen LogP contribution is 2.08. The third kappa shape index (κ3) is 3.94. The van der Waals surface area contributed by atoms with E-state index in [9.17, 15) is 9.90 Å². The van der Waals surface area contributed by atoms with E-state index in [0.29, 0.717) is 12.1 Å². The maximum atomic E-state index is 11.3. The van der Waals surface area contributed by atoms with Crippen LogP contribution in [0, 0.1) is 0 Å². The van der Waals surface area contributed by atoms with Crippen molar-refractivity contribution >= 4 is 11.5 Å². The molecule has 1 aromatic rings. The second-order valence-corrected chi connectivity index (χ2v) is 3.31. The number of carbonyl (C=O) groups excluding carboxylic acids is 1. The molecule has 0 atom stereocenters. The number of pyridine rings is 1. The molecule has 3 nitrogen and oxygen atoms in total. The first-order valence-corrected chi connectivity index (χ1v) is 5.09. The lowest BCUT2D eigenvalue weighted by Crippen LogP contribution is -1.95. The number of hydrogen-bond donors (Lipinski definition) is 1. The first-order chi connectivity index (χ1) is 7.24. The molecule has 1 N–H and O–H groups in total. The van der Waals surface area contributed by atoms with Crippen LogP contribution in [0.3, 0.4) is 0 Å². The molecule has 15 heavy (non-hydrogen) atoms. The molecule has 0 fully saturated rings. The van der Waals surface area contributed by atoms with E-state index in [1.165, 1.54) is 6.08 Å². The van der Waals surface area contributed by atoms with Crippen LogP contribution in [0.1, 0.15) is 31.9 Å². The van der Waals surface area contributed by atoms with Gasteiger partial charge >= 0.3 is 0 Å². The van der Waals surface area contributed by atoms with Gasteiger partial charge in [-0.1, -0.05) is 19.4 Å². The Balaban J connectivity index is 2.64. The topological polar surface area (TPSA) is 50.2 Å². The number of carbonyl (C=O) groups is 1. The Kier molecular flexibility index (Phi) is 4.54. The van der Waals surface area contributed by atoms with Crippen molar-refractivity contribution < 1.29 is 9.90 Å². The highest BCUT2D eigenvalue weighted by molar-refractivity contribution is 5.94. The number of allylic oxidation sites excluding steroid dienone is 1. The molecule has 3 heteroatoms. The minimum Gasteiger partial charge on any atom is -0.506 e. The van der Waals surface area contributed by atoms with Gasteiger partial charge < -0.3 is 5.11 Å². The Labute approximate surface area is 89.5 Å². The van der Waals surface area contributed by atoms with Crippen LogP contribution in [0.15, 0.2) is 30.5 Å². The fourth-order valence-electron chi connectivity index (χ4n) is 1.16. The van der Waals surface area contributed by atoms with E-state index in [1.807, 2.05) is 6.92 Å². The fraction of sp³-hybridized carbons (Fsp3) is 0.333. The quantitative estimate of drug-likeness (QED) is 0.594. The average molecular weight is 205 g/mol. The lowest BCUT2D eigenvalue weighted by Gasteiger charge is -1.98. The summed E-state index contributed by atoms with van der Waals surface area (Å²) in [6.45, 7) is 2.02. The Hall–Kier alpha value is -1.64. The van der Waals surface area contributed by atoms with Crippen LogP contribution in [0.2, 0.25) is 0 Å². The van der Waals surface area contributed by atoms with Gasteiger partial charge in [-0.25, -0.2) is 0 Å². The smallest absolute Gasteiger partial charge is 0.159 e. The number of unbranched alkanes of at least 4 members (excludes halogenated alkanes) is 1. The van der Waals surface area contributed by atoms with Gasteiger partial charge in [0.15, 0.2) is 5.78 Å². The molecule has 0 radical (unpaired) electrons. The van der Waals surface area contributed by atoms with E-state index in [0.717, 1.165) is 12.8 Å². The molecule has 0 unspecified atom stereocenters. The number of nitrogens with zero attached hydrogens (tertiary/aromatic N) is 1. The van der Waals surface area contributed by atoms with Crippen molar-refractivity contribution in [3.8, 4) is 0 Å². The van der Waals surface area contributed by atoms with Gasteiger partial charge in [-0.3, -0.25) is 9.78 Å². The van der Waals surface area contributed by atoms with Crippen molar-refractivity contribution in [1.29, 1.82) is 0 Å². The van der Waals surface area contributed by atoms with Crippen LogP contribution >= 0.6 is 0 Å². The van der Waals surface area contributed by atoms with E-state index < -0.39 is 0 Å². The van der Waals surface area contributed by atoms with Gasteiger partial charge in [-0.05, 0) is 18.6 Å². The second kappa shape index (κ2) is 5.96. The Morgan fingerprint density at radius 1 is 1.53 bits per heavy atom. The van der Waals surface area contributed by atoms with Gasteiger partial charge in [0.2, 0.25) is 0 Å². The highest BCUT2D eigenvalue weighted by Gasteiger charge is 2.03. The summed E-state index contributed by atoms with van der Waals surface area (Å²) in [4.78, 5) is 15.3. The van der Waals surface area contributed by atoms with Crippen LogP contribution in [0.25, 0.3) is 5.76 Å². The predicted octanol–water partition coefficient (Wildman–Crippen LogP) is 2.74. The maximum Gasteiger partial charge on any atom is 0.159 e.